The van der Waals surface area contributed by atoms with E-state index in [2.05, 4.69) is 17.1 Å². The van der Waals surface area contributed by atoms with E-state index in [1.54, 1.807) is 0 Å². The summed E-state index contributed by atoms with van der Waals surface area (Å²) < 4.78 is 0. The van der Waals surface area contributed by atoms with Gasteiger partial charge in [0.1, 0.15) is 0 Å². The molecule has 2 saturated carbocycles. The fourth-order valence-electron chi connectivity index (χ4n) is 5.12. The molecule has 3 aliphatic rings. The molecule has 0 spiro atoms. The van der Waals surface area contributed by atoms with Crippen LogP contribution in [0.5, 0.6) is 0 Å². The minimum atomic E-state index is 0.673. The zero-order valence-corrected chi connectivity index (χ0v) is 14.2. The lowest BCUT2D eigenvalue weighted by Crippen LogP contribution is -2.43. The Morgan fingerprint density at radius 2 is 1.67 bits per heavy atom. The zero-order chi connectivity index (χ0) is 14.5. The first-order valence-electron chi connectivity index (χ1n) is 9.77. The quantitative estimate of drug-likeness (QED) is 0.822. The van der Waals surface area contributed by atoms with Gasteiger partial charge in [-0.2, -0.15) is 0 Å². The van der Waals surface area contributed by atoms with Crippen molar-refractivity contribution in [1.29, 1.82) is 0 Å². The van der Waals surface area contributed by atoms with Crippen LogP contribution < -0.4 is 5.32 Å². The standard InChI is InChI=1S/C19H36N2/c1-16(15-21-11-5-2-6-12-21)20-14-17-9-10-18-7-3-4-8-19(18)13-17/h16-20H,2-15H2,1H3. The van der Waals surface area contributed by atoms with E-state index in [1.165, 1.54) is 90.4 Å². The highest BCUT2D eigenvalue weighted by Gasteiger charge is 2.32. The lowest BCUT2D eigenvalue weighted by Gasteiger charge is -2.40. The molecule has 1 heterocycles. The van der Waals surface area contributed by atoms with Gasteiger partial charge in [0.25, 0.3) is 0 Å². The van der Waals surface area contributed by atoms with Crippen LogP contribution in [-0.4, -0.2) is 37.1 Å². The third-order valence-electron chi connectivity index (χ3n) is 6.38. The van der Waals surface area contributed by atoms with Crippen molar-refractivity contribution in [2.45, 2.75) is 77.2 Å². The van der Waals surface area contributed by atoms with Gasteiger partial charge in [0, 0.05) is 12.6 Å². The van der Waals surface area contributed by atoms with E-state index in [9.17, 15) is 0 Å². The Morgan fingerprint density at radius 1 is 0.905 bits per heavy atom. The van der Waals surface area contributed by atoms with Crippen molar-refractivity contribution in [2.24, 2.45) is 17.8 Å². The number of hydrogen-bond acceptors (Lipinski definition) is 2. The fraction of sp³-hybridized carbons (Fsp3) is 1.00. The van der Waals surface area contributed by atoms with E-state index in [0.29, 0.717) is 6.04 Å². The second-order valence-electron chi connectivity index (χ2n) is 8.15. The maximum absolute atomic E-state index is 3.85. The Labute approximate surface area is 132 Å². The van der Waals surface area contributed by atoms with Crippen LogP contribution in [0.4, 0.5) is 0 Å². The zero-order valence-electron chi connectivity index (χ0n) is 14.2. The first kappa shape index (κ1) is 15.8. The first-order chi connectivity index (χ1) is 10.3. The maximum atomic E-state index is 3.85. The molecule has 4 unspecified atom stereocenters. The first-order valence-corrected chi connectivity index (χ1v) is 9.77. The smallest absolute Gasteiger partial charge is 0.0166 e. The molecule has 122 valence electrons. The van der Waals surface area contributed by atoms with Gasteiger partial charge in [-0.15, -0.1) is 0 Å². The summed E-state index contributed by atoms with van der Waals surface area (Å²) in [6, 6.07) is 0.673. The summed E-state index contributed by atoms with van der Waals surface area (Å²) in [5, 5.41) is 3.85. The lowest BCUT2D eigenvalue weighted by molar-refractivity contribution is 0.125. The predicted octanol–water partition coefficient (Wildman–Crippen LogP) is 4.06. The van der Waals surface area contributed by atoms with Crippen LogP contribution in [0.25, 0.3) is 0 Å². The minimum absolute atomic E-state index is 0.673. The Morgan fingerprint density at radius 3 is 2.48 bits per heavy atom. The van der Waals surface area contributed by atoms with Gasteiger partial charge in [-0.3, -0.25) is 0 Å². The SMILES string of the molecule is CC(CN1CCCCC1)NCC1CCC2CCCCC2C1. The van der Waals surface area contributed by atoms with Gasteiger partial charge in [-0.05, 0) is 76.4 Å². The summed E-state index contributed by atoms with van der Waals surface area (Å²) in [4.78, 5) is 2.67. The van der Waals surface area contributed by atoms with Crippen LogP contribution in [0.2, 0.25) is 0 Å². The van der Waals surface area contributed by atoms with Crippen LogP contribution in [0.1, 0.15) is 71.1 Å². The summed E-state index contributed by atoms with van der Waals surface area (Å²) in [6.45, 7) is 7.59. The van der Waals surface area contributed by atoms with E-state index in [-0.39, 0.29) is 0 Å². The predicted molar refractivity (Wildman–Crippen MR) is 90.5 cm³/mol. The van der Waals surface area contributed by atoms with Crippen LogP contribution >= 0.6 is 0 Å². The number of piperidine rings is 1. The molecule has 2 aliphatic carbocycles. The van der Waals surface area contributed by atoms with Gasteiger partial charge < -0.3 is 10.2 Å². The van der Waals surface area contributed by atoms with E-state index in [0.717, 1.165) is 17.8 Å². The Hall–Kier alpha value is -0.0800. The third-order valence-corrected chi connectivity index (χ3v) is 6.38. The molecule has 3 rings (SSSR count). The van der Waals surface area contributed by atoms with Crippen molar-refractivity contribution in [2.75, 3.05) is 26.2 Å². The molecule has 0 aromatic carbocycles. The lowest BCUT2D eigenvalue weighted by atomic mass is 9.67. The topological polar surface area (TPSA) is 15.3 Å². The average molecular weight is 293 g/mol. The summed E-state index contributed by atoms with van der Waals surface area (Å²) in [7, 11) is 0. The van der Waals surface area contributed by atoms with E-state index >= 15 is 0 Å². The molecule has 2 nitrogen and oxygen atoms in total. The highest BCUT2D eigenvalue weighted by atomic mass is 15.1. The molecule has 1 aliphatic heterocycles. The molecule has 2 heteroatoms. The Bertz CT molecular complexity index is 298. The van der Waals surface area contributed by atoms with Crippen LogP contribution in [0, 0.1) is 17.8 Å². The van der Waals surface area contributed by atoms with Crippen molar-refractivity contribution in [3.63, 3.8) is 0 Å². The van der Waals surface area contributed by atoms with Gasteiger partial charge in [0.05, 0.1) is 0 Å². The maximum Gasteiger partial charge on any atom is 0.0166 e. The number of nitrogens with one attached hydrogen (secondary N) is 1. The Kier molecular flexibility index (Phi) is 5.99. The molecular formula is C19H36N2. The molecule has 1 saturated heterocycles. The molecule has 21 heavy (non-hydrogen) atoms. The third kappa shape index (κ3) is 4.69. The van der Waals surface area contributed by atoms with Gasteiger partial charge in [0.15, 0.2) is 0 Å². The largest absolute Gasteiger partial charge is 0.313 e. The summed E-state index contributed by atoms with van der Waals surface area (Å²) >= 11 is 0. The second kappa shape index (κ2) is 7.97. The van der Waals surface area contributed by atoms with Crippen molar-refractivity contribution >= 4 is 0 Å². The molecular weight excluding hydrogens is 256 g/mol. The fourth-order valence-corrected chi connectivity index (χ4v) is 5.12. The van der Waals surface area contributed by atoms with Gasteiger partial charge in [-0.1, -0.05) is 32.1 Å². The molecule has 4 atom stereocenters. The molecule has 0 bridgehead atoms. The minimum Gasteiger partial charge on any atom is -0.313 e. The summed E-state index contributed by atoms with van der Waals surface area (Å²) in [5.41, 5.74) is 0. The Balaban J connectivity index is 1.34. The van der Waals surface area contributed by atoms with Crippen molar-refractivity contribution < 1.29 is 0 Å². The summed E-state index contributed by atoms with van der Waals surface area (Å²) in [5.74, 6) is 3.14. The average Bonchev–Trinajstić information content (AvgIpc) is 2.54. The number of rotatable bonds is 5. The molecule has 0 aromatic heterocycles. The van der Waals surface area contributed by atoms with E-state index < -0.39 is 0 Å². The number of nitrogens with zero attached hydrogens (tertiary/aromatic N) is 1. The molecule has 3 fully saturated rings. The van der Waals surface area contributed by atoms with Crippen molar-refractivity contribution in [1.82, 2.24) is 10.2 Å². The van der Waals surface area contributed by atoms with Crippen molar-refractivity contribution in [3.05, 3.63) is 0 Å². The van der Waals surface area contributed by atoms with Crippen LogP contribution in [0.15, 0.2) is 0 Å². The number of fused-ring (bicyclic) bond motifs is 1. The number of likely N-dealkylation sites (tertiary alicyclic amines) is 1. The molecule has 0 amide bonds. The van der Waals surface area contributed by atoms with Crippen molar-refractivity contribution in [3.8, 4) is 0 Å². The molecule has 0 aromatic rings. The van der Waals surface area contributed by atoms with Gasteiger partial charge in [-0.25, -0.2) is 0 Å². The van der Waals surface area contributed by atoms with Crippen LogP contribution in [0.3, 0.4) is 0 Å². The van der Waals surface area contributed by atoms with E-state index in [4.69, 9.17) is 0 Å². The van der Waals surface area contributed by atoms with Gasteiger partial charge in [0.2, 0.25) is 0 Å². The number of hydrogen-bond donors (Lipinski definition) is 1. The normalized spacial score (nSPS) is 36.1. The molecule has 0 radical (unpaired) electrons. The second-order valence-corrected chi connectivity index (χ2v) is 8.15. The highest BCUT2D eigenvalue weighted by Crippen LogP contribution is 2.42. The molecule has 1 N–H and O–H groups in total. The monoisotopic (exact) mass is 292 g/mol. The van der Waals surface area contributed by atoms with Crippen LogP contribution in [-0.2, 0) is 0 Å². The van der Waals surface area contributed by atoms with E-state index in [1.807, 2.05) is 0 Å². The highest BCUT2D eigenvalue weighted by molar-refractivity contribution is 4.84. The summed E-state index contributed by atoms with van der Waals surface area (Å²) in [6.07, 6.45) is 14.9. The van der Waals surface area contributed by atoms with Gasteiger partial charge >= 0.3 is 0 Å².